The normalized spacial score (nSPS) is 19.4. The molecule has 2 aromatic carbocycles. The maximum absolute atomic E-state index is 12.6. The minimum Gasteiger partial charge on any atom is -0.494 e. The van der Waals surface area contributed by atoms with Crippen molar-refractivity contribution in [1.29, 1.82) is 0 Å². The van der Waals surface area contributed by atoms with Gasteiger partial charge in [0.2, 0.25) is 0 Å². The van der Waals surface area contributed by atoms with Gasteiger partial charge in [0.1, 0.15) is 11.5 Å². The van der Waals surface area contributed by atoms with E-state index in [-0.39, 0.29) is 24.3 Å². The molecule has 0 saturated carbocycles. The van der Waals surface area contributed by atoms with Crippen LogP contribution < -0.4 is 15.2 Å². The number of hydrogen-bond donors (Lipinski definition) is 1. The maximum Gasteiger partial charge on any atom is 0.260 e. The SMILES string of the molecule is CCOc1ccc(OCC(=O)N2C[C@@H](CN)[C@H](c3ccccc3)C2)cc1. The Labute approximate surface area is 154 Å². The van der Waals surface area contributed by atoms with E-state index in [2.05, 4.69) is 12.1 Å². The largest absolute Gasteiger partial charge is 0.494 e. The molecule has 2 atom stereocenters. The lowest BCUT2D eigenvalue weighted by Crippen LogP contribution is -2.33. The van der Waals surface area contributed by atoms with Gasteiger partial charge in [-0.25, -0.2) is 0 Å². The fraction of sp³-hybridized carbons (Fsp3) is 0.381. The number of nitrogens with two attached hydrogens (primary N) is 1. The van der Waals surface area contributed by atoms with Crippen LogP contribution in [0.15, 0.2) is 54.6 Å². The summed E-state index contributed by atoms with van der Waals surface area (Å²) < 4.78 is 11.0. The summed E-state index contributed by atoms with van der Waals surface area (Å²) in [5.74, 6) is 2.02. The van der Waals surface area contributed by atoms with Crippen LogP contribution in [-0.4, -0.2) is 43.7 Å². The monoisotopic (exact) mass is 354 g/mol. The molecule has 1 amide bonds. The molecule has 0 radical (unpaired) electrons. The number of nitrogens with zero attached hydrogens (tertiary/aromatic N) is 1. The van der Waals surface area contributed by atoms with Crippen LogP contribution in [0.4, 0.5) is 0 Å². The van der Waals surface area contributed by atoms with E-state index in [0.717, 1.165) is 5.75 Å². The van der Waals surface area contributed by atoms with Crippen LogP contribution in [-0.2, 0) is 4.79 Å². The Morgan fingerprint density at radius 3 is 2.31 bits per heavy atom. The molecule has 2 N–H and O–H groups in total. The molecule has 1 saturated heterocycles. The van der Waals surface area contributed by atoms with Crippen LogP contribution in [0, 0.1) is 5.92 Å². The number of likely N-dealkylation sites (tertiary alicyclic amines) is 1. The van der Waals surface area contributed by atoms with Gasteiger partial charge in [-0.1, -0.05) is 30.3 Å². The van der Waals surface area contributed by atoms with Crippen LogP contribution in [0.5, 0.6) is 11.5 Å². The third-order valence-corrected chi connectivity index (χ3v) is 4.82. The molecule has 0 unspecified atom stereocenters. The summed E-state index contributed by atoms with van der Waals surface area (Å²) in [5, 5.41) is 0. The van der Waals surface area contributed by atoms with Gasteiger partial charge in [0.15, 0.2) is 6.61 Å². The van der Waals surface area contributed by atoms with Gasteiger partial charge >= 0.3 is 0 Å². The Kier molecular flexibility index (Phi) is 6.12. The number of carbonyl (C=O) groups excluding carboxylic acids is 1. The van der Waals surface area contributed by atoms with Gasteiger partial charge in [0.25, 0.3) is 5.91 Å². The average Bonchev–Trinajstić information content (AvgIpc) is 3.13. The molecular formula is C21H26N2O3. The zero-order chi connectivity index (χ0) is 18.4. The number of ether oxygens (including phenoxy) is 2. The van der Waals surface area contributed by atoms with Crippen molar-refractivity contribution in [2.75, 3.05) is 32.8 Å². The van der Waals surface area contributed by atoms with Crippen molar-refractivity contribution in [3.05, 3.63) is 60.2 Å². The van der Waals surface area contributed by atoms with Crippen molar-refractivity contribution in [1.82, 2.24) is 4.90 Å². The van der Waals surface area contributed by atoms with E-state index >= 15 is 0 Å². The quantitative estimate of drug-likeness (QED) is 0.830. The zero-order valence-corrected chi connectivity index (χ0v) is 15.1. The van der Waals surface area contributed by atoms with E-state index in [1.54, 1.807) is 0 Å². The van der Waals surface area contributed by atoms with Crippen LogP contribution in [0.2, 0.25) is 0 Å². The lowest BCUT2D eigenvalue weighted by Gasteiger charge is -2.17. The summed E-state index contributed by atoms with van der Waals surface area (Å²) >= 11 is 0. The van der Waals surface area contributed by atoms with Crippen LogP contribution in [0.3, 0.4) is 0 Å². The third-order valence-electron chi connectivity index (χ3n) is 4.82. The summed E-state index contributed by atoms with van der Waals surface area (Å²) in [6, 6.07) is 17.6. The Morgan fingerprint density at radius 2 is 1.69 bits per heavy atom. The van der Waals surface area contributed by atoms with Crippen molar-refractivity contribution in [3.63, 3.8) is 0 Å². The Balaban J connectivity index is 1.56. The third kappa shape index (κ3) is 4.35. The summed E-state index contributed by atoms with van der Waals surface area (Å²) in [7, 11) is 0. The van der Waals surface area contributed by atoms with E-state index in [1.807, 2.05) is 54.3 Å². The highest BCUT2D eigenvalue weighted by atomic mass is 16.5. The standard InChI is InChI=1S/C21H26N2O3/c1-2-25-18-8-10-19(11-9-18)26-15-21(24)23-13-17(12-22)20(14-23)16-6-4-3-5-7-16/h3-11,17,20H,2,12-15,22H2,1H3/t17-,20+/m1/s1. The van der Waals surface area contributed by atoms with Gasteiger partial charge < -0.3 is 20.1 Å². The fourth-order valence-corrected chi connectivity index (χ4v) is 3.43. The van der Waals surface area contributed by atoms with Crippen molar-refractivity contribution in [2.45, 2.75) is 12.8 Å². The molecule has 0 aliphatic carbocycles. The van der Waals surface area contributed by atoms with E-state index < -0.39 is 0 Å². The fourth-order valence-electron chi connectivity index (χ4n) is 3.43. The molecule has 0 bridgehead atoms. The number of rotatable bonds is 7. The predicted molar refractivity (Wildman–Crippen MR) is 101 cm³/mol. The summed E-state index contributed by atoms with van der Waals surface area (Å²) in [6.07, 6.45) is 0. The number of amides is 1. The predicted octanol–water partition coefficient (Wildman–Crippen LogP) is 2.67. The van der Waals surface area contributed by atoms with Crippen molar-refractivity contribution in [2.24, 2.45) is 11.7 Å². The maximum atomic E-state index is 12.6. The Hall–Kier alpha value is -2.53. The van der Waals surface area contributed by atoms with E-state index in [9.17, 15) is 4.79 Å². The molecule has 0 aromatic heterocycles. The molecule has 1 heterocycles. The van der Waals surface area contributed by atoms with E-state index in [4.69, 9.17) is 15.2 Å². The molecule has 1 aliphatic heterocycles. The van der Waals surface area contributed by atoms with Crippen molar-refractivity contribution >= 4 is 5.91 Å². The molecule has 1 fully saturated rings. The lowest BCUT2D eigenvalue weighted by atomic mass is 9.89. The molecule has 138 valence electrons. The summed E-state index contributed by atoms with van der Waals surface area (Å²) in [4.78, 5) is 14.4. The lowest BCUT2D eigenvalue weighted by molar-refractivity contribution is -0.132. The van der Waals surface area contributed by atoms with Crippen LogP contribution in [0.25, 0.3) is 0 Å². The number of benzene rings is 2. The van der Waals surface area contributed by atoms with Gasteiger partial charge in [0, 0.05) is 19.0 Å². The van der Waals surface area contributed by atoms with Crippen molar-refractivity contribution in [3.8, 4) is 11.5 Å². The second kappa shape index (κ2) is 8.72. The highest BCUT2D eigenvalue weighted by molar-refractivity contribution is 5.78. The second-order valence-corrected chi connectivity index (χ2v) is 6.50. The van der Waals surface area contributed by atoms with Crippen LogP contribution in [0.1, 0.15) is 18.4 Å². The van der Waals surface area contributed by atoms with Gasteiger partial charge in [0.05, 0.1) is 6.61 Å². The molecule has 5 nitrogen and oxygen atoms in total. The number of hydrogen-bond acceptors (Lipinski definition) is 4. The topological polar surface area (TPSA) is 64.8 Å². The van der Waals surface area contributed by atoms with Gasteiger partial charge in [-0.2, -0.15) is 0 Å². The summed E-state index contributed by atoms with van der Waals surface area (Å²) in [5.41, 5.74) is 7.19. The molecule has 3 rings (SSSR count). The Bertz CT molecular complexity index is 703. The van der Waals surface area contributed by atoms with Gasteiger partial charge in [-0.15, -0.1) is 0 Å². The first-order chi connectivity index (χ1) is 12.7. The smallest absolute Gasteiger partial charge is 0.260 e. The molecule has 5 heteroatoms. The second-order valence-electron chi connectivity index (χ2n) is 6.50. The first-order valence-electron chi connectivity index (χ1n) is 9.09. The Morgan fingerprint density at radius 1 is 1.04 bits per heavy atom. The van der Waals surface area contributed by atoms with E-state index in [0.29, 0.717) is 32.0 Å². The molecule has 1 aliphatic rings. The molecule has 0 spiro atoms. The first kappa shape index (κ1) is 18.3. The summed E-state index contributed by atoms with van der Waals surface area (Å²) in [6.45, 7) is 4.55. The molecule has 26 heavy (non-hydrogen) atoms. The van der Waals surface area contributed by atoms with Gasteiger partial charge in [-0.05, 0) is 49.2 Å². The minimum absolute atomic E-state index is 0.00392. The van der Waals surface area contributed by atoms with Crippen molar-refractivity contribution < 1.29 is 14.3 Å². The first-order valence-corrected chi connectivity index (χ1v) is 9.09. The van der Waals surface area contributed by atoms with Gasteiger partial charge in [-0.3, -0.25) is 4.79 Å². The van der Waals surface area contributed by atoms with Crippen LogP contribution >= 0.6 is 0 Å². The highest BCUT2D eigenvalue weighted by Crippen LogP contribution is 2.32. The zero-order valence-electron chi connectivity index (χ0n) is 15.1. The molecule has 2 aromatic rings. The minimum atomic E-state index is -0.00392. The molecular weight excluding hydrogens is 328 g/mol. The average molecular weight is 354 g/mol. The highest BCUT2D eigenvalue weighted by Gasteiger charge is 2.35. The number of carbonyl (C=O) groups is 1. The van der Waals surface area contributed by atoms with E-state index in [1.165, 1.54) is 5.56 Å².